The summed E-state index contributed by atoms with van der Waals surface area (Å²) >= 11 is 0. The Morgan fingerprint density at radius 1 is 1.54 bits per heavy atom. The van der Waals surface area contributed by atoms with Crippen molar-refractivity contribution in [1.29, 1.82) is 0 Å². The number of hydrogen-bond acceptors (Lipinski definition) is 2. The molecule has 0 unspecified atom stereocenters. The zero-order chi connectivity index (χ0) is 9.26. The summed E-state index contributed by atoms with van der Waals surface area (Å²) < 4.78 is 1.92. The molecule has 3 nitrogen and oxygen atoms in total. The van der Waals surface area contributed by atoms with Gasteiger partial charge >= 0.3 is 0 Å². The highest BCUT2D eigenvalue weighted by atomic mass is 15.2. The molecule has 0 atom stereocenters. The van der Waals surface area contributed by atoms with Crippen LogP contribution in [0.5, 0.6) is 0 Å². The van der Waals surface area contributed by atoms with Gasteiger partial charge < -0.3 is 5.32 Å². The normalized spacial score (nSPS) is 10.9. The topological polar surface area (TPSA) is 29.3 Å². The van der Waals surface area contributed by atoms with Gasteiger partial charge in [0.05, 0.1) is 11.2 Å². The molecule has 13 heavy (non-hydrogen) atoms. The van der Waals surface area contributed by atoms with Gasteiger partial charge in [-0.25, -0.2) is 4.52 Å². The molecule has 3 heteroatoms. The fourth-order valence-electron chi connectivity index (χ4n) is 1.54. The highest BCUT2D eigenvalue weighted by Crippen LogP contribution is 2.11. The van der Waals surface area contributed by atoms with E-state index in [9.17, 15) is 0 Å². The van der Waals surface area contributed by atoms with Crippen LogP contribution in [0.3, 0.4) is 0 Å². The van der Waals surface area contributed by atoms with Crippen LogP contribution in [0.25, 0.3) is 5.52 Å². The Balaban J connectivity index is 2.60. The van der Waals surface area contributed by atoms with Crippen LogP contribution in [0.1, 0.15) is 11.3 Å². The van der Waals surface area contributed by atoms with Crippen LogP contribution in [0.15, 0.2) is 24.4 Å². The molecule has 0 radical (unpaired) electrons. The van der Waals surface area contributed by atoms with E-state index in [0.717, 1.165) is 12.2 Å². The maximum absolute atomic E-state index is 4.34. The standard InChI is InChI=1S/C10H13N3/c1-8-6-10-9(7-11-2)4-3-5-13(10)12-8/h3-6,11H,7H2,1-2H3. The number of nitrogens with zero attached hydrogens (tertiary/aromatic N) is 2. The highest BCUT2D eigenvalue weighted by Gasteiger charge is 2.01. The van der Waals surface area contributed by atoms with Crippen LogP contribution in [0.4, 0.5) is 0 Å². The van der Waals surface area contributed by atoms with Crippen molar-refractivity contribution < 1.29 is 0 Å². The van der Waals surface area contributed by atoms with E-state index in [4.69, 9.17) is 0 Å². The van der Waals surface area contributed by atoms with E-state index in [1.807, 2.05) is 30.8 Å². The Kier molecular flexibility index (Phi) is 2.02. The summed E-state index contributed by atoms with van der Waals surface area (Å²) in [6.45, 7) is 2.89. The van der Waals surface area contributed by atoms with Crippen LogP contribution in [-0.4, -0.2) is 16.7 Å². The van der Waals surface area contributed by atoms with Crippen molar-refractivity contribution in [1.82, 2.24) is 14.9 Å². The molecule has 2 rings (SSSR count). The second kappa shape index (κ2) is 3.18. The molecule has 2 aromatic rings. The van der Waals surface area contributed by atoms with Crippen LogP contribution in [0, 0.1) is 6.92 Å². The van der Waals surface area contributed by atoms with Crippen LogP contribution >= 0.6 is 0 Å². The zero-order valence-electron chi connectivity index (χ0n) is 7.91. The lowest BCUT2D eigenvalue weighted by Gasteiger charge is -2.01. The first kappa shape index (κ1) is 8.26. The monoisotopic (exact) mass is 175 g/mol. The third-order valence-electron chi connectivity index (χ3n) is 2.08. The van der Waals surface area contributed by atoms with Gasteiger partial charge in [-0.3, -0.25) is 0 Å². The maximum atomic E-state index is 4.34. The number of hydrogen-bond donors (Lipinski definition) is 1. The minimum absolute atomic E-state index is 0.884. The second-order valence-corrected chi connectivity index (χ2v) is 3.18. The maximum Gasteiger partial charge on any atom is 0.0709 e. The van der Waals surface area contributed by atoms with Gasteiger partial charge in [-0.1, -0.05) is 6.07 Å². The summed E-state index contributed by atoms with van der Waals surface area (Å²) in [5.41, 5.74) is 3.53. The molecule has 0 fully saturated rings. The van der Waals surface area contributed by atoms with Gasteiger partial charge in [-0.2, -0.15) is 5.10 Å². The summed E-state index contributed by atoms with van der Waals surface area (Å²) in [5, 5.41) is 7.49. The third-order valence-corrected chi connectivity index (χ3v) is 2.08. The van der Waals surface area contributed by atoms with Gasteiger partial charge in [0.1, 0.15) is 0 Å². The van der Waals surface area contributed by atoms with Crippen molar-refractivity contribution in [3.63, 3.8) is 0 Å². The third kappa shape index (κ3) is 1.42. The molecule has 68 valence electrons. The molecule has 2 heterocycles. The molecule has 2 aromatic heterocycles. The van der Waals surface area contributed by atoms with E-state index in [1.165, 1.54) is 11.1 Å². The van der Waals surface area contributed by atoms with E-state index in [-0.39, 0.29) is 0 Å². The predicted octanol–water partition coefficient (Wildman–Crippen LogP) is 1.36. The van der Waals surface area contributed by atoms with Crippen molar-refractivity contribution in [2.45, 2.75) is 13.5 Å². The van der Waals surface area contributed by atoms with E-state index < -0.39 is 0 Å². The van der Waals surface area contributed by atoms with E-state index in [1.54, 1.807) is 0 Å². The summed E-state index contributed by atoms with van der Waals surface area (Å²) in [6, 6.07) is 6.24. The first-order valence-electron chi connectivity index (χ1n) is 4.40. The SMILES string of the molecule is CNCc1cccn2nc(C)cc12. The van der Waals surface area contributed by atoms with Gasteiger partial charge in [0.25, 0.3) is 0 Å². The molecule has 0 aliphatic carbocycles. The quantitative estimate of drug-likeness (QED) is 0.746. The molecular formula is C10H13N3. The van der Waals surface area contributed by atoms with Gasteiger partial charge in [0.2, 0.25) is 0 Å². The van der Waals surface area contributed by atoms with Crippen molar-refractivity contribution in [3.05, 3.63) is 35.7 Å². The second-order valence-electron chi connectivity index (χ2n) is 3.18. The molecule has 0 bridgehead atoms. The smallest absolute Gasteiger partial charge is 0.0709 e. The first-order chi connectivity index (χ1) is 6.31. The van der Waals surface area contributed by atoms with Crippen LogP contribution in [0.2, 0.25) is 0 Å². The molecule has 0 aliphatic rings. The van der Waals surface area contributed by atoms with Gasteiger partial charge in [-0.05, 0) is 31.7 Å². The molecule has 0 saturated heterocycles. The van der Waals surface area contributed by atoms with Crippen LogP contribution < -0.4 is 5.32 Å². The first-order valence-corrected chi connectivity index (χ1v) is 4.40. The molecular weight excluding hydrogens is 162 g/mol. The van der Waals surface area contributed by atoms with Gasteiger partial charge in [0.15, 0.2) is 0 Å². The number of fused-ring (bicyclic) bond motifs is 1. The lowest BCUT2D eigenvalue weighted by molar-refractivity contribution is 0.813. The Labute approximate surface area is 77.4 Å². The molecule has 0 amide bonds. The number of aryl methyl sites for hydroxylation is 1. The molecule has 0 saturated carbocycles. The number of pyridine rings is 1. The summed E-state index contributed by atoms with van der Waals surface area (Å²) in [4.78, 5) is 0. The Morgan fingerprint density at radius 3 is 3.15 bits per heavy atom. The fourth-order valence-corrected chi connectivity index (χ4v) is 1.54. The molecule has 0 aromatic carbocycles. The Hall–Kier alpha value is -1.35. The largest absolute Gasteiger partial charge is 0.316 e. The minimum Gasteiger partial charge on any atom is -0.316 e. The van der Waals surface area contributed by atoms with Crippen molar-refractivity contribution >= 4 is 5.52 Å². The Bertz CT molecular complexity index is 417. The average Bonchev–Trinajstić information content (AvgIpc) is 2.47. The number of rotatable bonds is 2. The summed E-state index contributed by atoms with van der Waals surface area (Å²) in [5.74, 6) is 0. The summed E-state index contributed by atoms with van der Waals surface area (Å²) in [6.07, 6.45) is 1.97. The van der Waals surface area contributed by atoms with Gasteiger partial charge in [0, 0.05) is 12.7 Å². The van der Waals surface area contributed by atoms with E-state index >= 15 is 0 Å². The predicted molar refractivity (Wildman–Crippen MR) is 52.7 cm³/mol. The molecule has 1 N–H and O–H groups in total. The minimum atomic E-state index is 0.884. The van der Waals surface area contributed by atoms with E-state index in [0.29, 0.717) is 0 Å². The average molecular weight is 175 g/mol. The number of nitrogens with one attached hydrogen (secondary N) is 1. The highest BCUT2D eigenvalue weighted by molar-refractivity contribution is 5.54. The lowest BCUT2D eigenvalue weighted by atomic mass is 10.2. The van der Waals surface area contributed by atoms with E-state index in [2.05, 4.69) is 22.5 Å². The Morgan fingerprint density at radius 2 is 2.38 bits per heavy atom. The zero-order valence-corrected chi connectivity index (χ0v) is 7.91. The molecule has 0 spiro atoms. The molecule has 0 aliphatic heterocycles. The fraction of sp³-hybridized carbons (Fsp3) is 0.300. The van der Waals surface area contributed by atoms with Crippen molar-refractivity contribution in [2.24, 2.45) is 0 Å². The van der Waals surface area contributed by atoms with Crippen LogP contribution in [-0.2, 0) is 6.54 Å². The summed E-state index contributed by atoms with van der Waals surface area (Å²) in [7, 11) is 1.95. The van der Waals surface area contributed by atoms with Gasteiger partial charge in [-0.15, -0.1) is 0 Å². The van der Waals surface area contributed by atoms with Crippen molar-refractivity contribution in [2.75, 3.05) is 7.05 Å². The lowest BCUT2D eigenvalue weighted by Crippen LogP contribution is -2.06. The van der Waals surface area contributed by atoms with Crippen molar-refractivity contribution in [3.8, 4) is 0 Å². The number of aromatic nitrogens is 2.